The maximum Gasteiger partial charge on any atom is 0.217 e. The largest absolute Gasteiger partial charge is 0.491 e. The van der Waals surface area contributed by atoms with E-state index >= 15 is 0 Å². The number of aliphatic hydroxyl groups is 1. The Balaban J connectivity index is 1.40. The predicted molar refractivity (Wildman–Crippen MR) is 102 cm³/mol. The van der Waals surface area contributed by atoms with Crippen molar-refractivity contribution in [3.63, 3.8) is 0 Å². The number of benzene rings is 2. The second kappa shape index (κ2) is 7.21. The van der Waals surface area contributed by atoms with Crippen LogP contribution in [-0.4, -0.2) is 38.2 Å². The summed E-state index contributed by atoms with van der Waals surface area (Å²) in [4.78, 5) is 0.857. The lowest BCUT2D eigenvalue weighted by Crippen LogP contribution is -2.20. The fourth-order valence-electron chi connectivity index (χ4n) is 2.39. The number of ether oxygens (including phenoxy) is 1. The third-order valence-corrected chi connectivity index (χ3v) is 5.91. The molecule has 0 unspecified atom stereocenters. The molecule has 0 aliphatic carbocycles. The maximum atomic E-state index is 10.2. The van der Waals surface area contributed by atoms with Crippen LogP contribution in [-0.2, 0) is 0 Å². The molecule has 4 aromatic rings. The number of aromatic nitrogens is 3. The molecule has 2 aromatic heterocycles. The molecule has 0 aliphatic rings. The van der Waals surface area contributed by atoms with E-state index in [1.165, 1.54) is 16.5 Å². The molecular weight excluding hydrogens is 378 g/mol. The molecule has 0 saturated carbocycles. The Bertz CT molecular complexity index is 1000. The summed E-state index contributed by atoms with van der Waals surface area (Å²) in [5, 5.41) is 20.0. The smallest absolute Gasteiger partial charge is 0.217 e. The molecular formula is C17H14ClN3O2S2. The SMILES string of the molecule is O[C@@H](COc1ccc(Cl)cc1)CSc1nnc2sc3ccccc3n12. The van der Waals surface area contributed by atoms with E-state index in [1.807, 2.05) is 22.6 Å². The van der Waals surface area contributed by atoms with Gasteiger partial charge in [0.2, 0.25) is 4.96 Å². The number of nitrogens with zero attached hydrogens (tertiary/aromatic N) is 3. The lowest BCUT2D eigenvalue weighted by Gasteiger charge is -2.11. The quantitative estimate of drug-likeness (QED) is 0.501. The number of fused-ring (bicyclic) bond motifs is 3. The zero-order valence-electron chi connectivity index (χ0n) is 13.0. The summed E-state index contributed by atoms with van der Waals surface area (Å²) in [6.07, 6.45) is -0.613. The molecule has 0 aliphatic heterocycles. The Kier molecular flexibility index (Phi) is 4.80. The summed E-state index contributed by atoms with van der Waals surface area (Å²) < 4.78 is 8.77. The van der Waals surface area contributed by atoms with E-state index in [1.54, 1.807) is 35.6 Å². The van der Waals surface area contributed by atoms with Gasteiger partial charge < -0.3 is 9.84 Å². The van der Waals surface area contributed by atoms with Crippen molar-refractivity contribution in [1.29, 1.82) is 0 Å². The third kappa shape index (κ3) is 3.59. The average Bonchev–Trinajstić information content (AvgIpc) is 3.18. The number of halogens is 1. The van der Waals surface area contributed by atoms with Gasteiger partial charge in [0.15, 0.2) is 5.16 Å². The first-order valence-electron chi connectivity index (χ1n) is 7.62. The van der Waals surface area contributed by atoms with Gasteiger partial charge in [-0.2, -0.15) is 0 Å². The average molecular weight is 392 g/mol. The van der Waals surface area contributed by atoms with Gasteiger partial charge in [-0.25, -0.2) is 0 Å². The topological polar surface area (TPSA) is 59.7 Å². The van der Waals surface area contributed by atoms with Crippen molar-refractivity contribution < 1.29 is 9.84 Å². The molecule has 8 heteroatoms. The minimum absolute atomic E-state index is 0.209. The van der Waals surface area contributed by atoms with Crippen LogP contribution < -0.4 is 4.74 Å². The lowest BCUT2D eigenvalue weighted by molar-refractivity contribution is 0.126. The van der Waals surface area contributed by atoms with Gasteiger partial charge in [-0.1, -0.05) is 46.8 Å². The van der Waals surface area contributed by atoms with Crippen LogP contribution >= 0.6 is 34.7 Å². The van der Waals surface area contributed by atoms with E-state index < -0.39 is 6.10 Å². The van der Waals surface area contributed by atoms with E-state index in [-0.39, 0.29) is 6.61 Å². The molecule has 2 aromatic carbocycles. The van der Waals surface area contributed by atoms with Crippen molar-refractivity contribution in [3.8, 4) is 5.75 Å². The number of thioether (sulfide) groups is 1. The Hall–Kier alpha value is -1.80. The Labute approximate surface area is 157 Å². The van der Waals surface area contributed by atoms with Crippen molar-refractivity contribution in [2.24, 2.45) is 0 Å². The molecule has 5 nitrogen and oxygen atoms in total. The predicted octanol–water partition coefficient (Wildman–Crippen LogP) is 4.13. The molecule has 0 spiro atoms. The van der Waals surface area contributed by atoms with Gasteiger partial charge in [-0.15, -0.1) is 10.2 Å². The van der Waals surface area contributed by atoms with Crippen molar-refractivity contribution in [1.82, 2.24) is 14.6 Å². The first kappa shape index (κ1) is 16.7. The molecule has 128 valence electrons. The van der Waals surface area contributed by atoms with E-state index in [4.69, 9.17) is 16.3 Å². The summed E-state index contributed by atoms with van der Waals surface area (Å²) in [5.41, 5.74) is 1.09. The zero-order chi connectivity index (χ0) is 17.2. The lowest BCUT2D eigenvalue weighted by atomic mass is 10.3. The maximum absolute atomic E-state index is 10.2. The Morgan fingerprint density at radius 3 is 2.80 bits per heavy atom. The standard InChI is InChI=1S/C17H14ClN3O2S2/c18-11-5-7-13(8-6-11)23-9-12(22)10-24-16-19-20-17-21(16)14-3-1-2-4-15(14)25-17/h1-8,12,22H,9-10H2/t12-/m0/s1. The van der Waals surface area contributed by atoms with E-state index in [2.05, 4.69) is 16.3 Å². The fraction of sp³-hybridized carbons (Fsp3) is 0.176. The van der Waals surface area contributed by atoms with Crippen LogP contribution in [0.2, 0.25) is 5.02 Å². The van der Waals surface area contributed by atoms with Gasteiger partial charge >= 0.3 is 0 Å². The number of rotatable bonds is 6. The first-order chi connectivity index (χ1) is 12.2. The Morgan fingerprint density at radius 2 is 1.96 bits per heavy atom. The van der Waals surface area contributed by atoms with E-state index in [0.29, 0.717) is 16.5 Å². The third-order valence-electron chi connectivity index (χ3n) is 3.57. The number of para-hydroxylation sites is 1. The highest BCUT2D eigenvalue weighted by Crippen LogP contribution is 2.29. The minimum Gasteiger partial charge on any atom is -0.491 e. The molecule has 2 heterocycles. The molecule has 1 N–H and O–H groups in total. The van der Waals surface area contributed by atoms with Gasteiger partial charge in [0.1, 0.15) is 12.4 Å². The highest BCUT2D eigenvalue weighted by atomic mass is 35.5. The second-order valence-electron chi connectivity index (χ2n) is 5.40. The number of hydrogen-bond acceptors (Lipinski definition) is 6. The van der Waals surface area contributed by atoms with Crippen LogP contribution in [0.4, 0.5) is 0 Å². The summed E-state index contributed by atoms with van der Waals surface area (Å²) in [6, 6.07) is 15.2. The second-order valence-corrected chi connectivity index (χ2v) is 7.83. The first-order valence-corrected chi connectivity index (χ1v) is 9.80. The zero-order valence-corrected chi connectivity index (χ0v) is 15.4. The van der Waals surface area contributed by atoms with Crippen LogP contribution in [0.1, 0.15) is 0 Å². The van der Waals surface area contributed by atoms with Crippen LogP contribution in [0.25, 0.3) is 15.2 Å². The van der Waals surface area contributed by atoms with Crippen LogP contribution in [0.15, 0.2) is 53.7 Å². The summed E-state index contributed by atoms with van der Waals surface area (Å²) in [6.45, 7) is 0.209. The van der Waals surface area contributed by atoms with Gasteiger partial charge in [0.25, 0.3) is 0 Å². The molecule has 25 heavy (non-hydrogen) atoms. The van der Waals surface area contributed by atoms with E-state index in [0.717, 1.165) is 15.6 Å². The molecule has 0 radical (unpaired) electrons. The van der Waals surface area contributed by atoms with Gasteiger partial charge in [0.05, 0.1) is 16.3 Å². The normalized spacial score (nSPS) is 12.7. The monoisotopic (exact) mass is 391 g/mol. The van der Waals surface area contributed by atoms with Crippen molar-refractivity contribution in [3.05, 3.63) is 53.6 Å². The number of hydrogen-bond donors (Lipinski definition) is 1. The minimum atomic E-state index is -0.613. The molecule has 0 bridgehead atoms. The summed E-state index contributed by atoms with van der Waals surface area (Å²) >= 11 is 8.91. The molecule has 0 fully saturated rings. The summed E-state index contributed by atoms with van der Waals surface area (Å²) in [5.74, 6) is 1.15. The van der Waals surface area contributed by atoms with Gasteiger partial charge in [0, 0.05) is 10.8 Å². The van der Waals surface area contributed by atoms with Gasteiger partial charge in [-0.05, 0) is 36.4 Å². The molecule has 0 saturated heterocycles. The van der Waals surface area contributed by atoms with Crippen molar-refractivity contribution in [2.75, 3.05) is 12.4 Å². The van der Waals surface area contributed by atoms with Crippen molar-refractivity contribution >= 4 is 49.9 Å². The number of thiazole rings is 1. The fourth-order valence-corrected chi connectivity index (χ4v) is 4.39. The number of aliphatic hydroxyl groups excluding tert-OH is 1. The van der Waals surface area contributed by atoms with Crippen LogP contribution in [0, 0.1) is 0 Å². The highest BCUT2D eigenvalue weighted by molar-refractivity contribution is 7.99. The van der Waals surface area contributed by atoms with E-state index in [9.17, 15) is 5.11 Å². The van der Waals surface area contributed by atoms with Crippen LogP contribution in [0.3, 0.4) is 0 Å². The highest BCUT2D eigenvalue weighted by Gasteiger charge is 2.14. The summed E-state index contributed by atoms with van der Waals surface area (Å²) in [7, 11) is 0. The van der Waals surface area contributed by atoms with Crippen LogP contribution in [0.5, 0.6) is 5.75 Å². The molecule has 1 atom stereocenters. The molecule has 4 rings (SSSR count). The van der Waals surface area contributed by atoms with Crippen molar-refractivity contribution in [2.45, 2.75) is 11.3 Å². The Morgan fingerprint density at radius 1 is 1.16 bits per heavy atom. The van der Waals surface area contributed by atoms with Gasteiger partial charge in [-0.3, -0.25) is 4.40 Å². The molecule has 0 amide bonds.